The van der Waals surface area contributed by atoms with Crippen LogP contribution >= 0.6 is 39.3 Å². The summed E-state index contributed by atoms with van der Waals surface area (Å²) >= 11 is 11.0. The minimum Gasteiger partial charge on any atom is -0.368 e. The van der Waals surface area contributed by atoms with Gasteiger partial charge in [0.15, 0.2) is 5.82 Å². The van der Waals surface area contributed by atoms with E-state index in [1.165, 1.54) is 0 Å². The van der Waals surface area contributed by atoms with Crippen LogP contribution in [0.5, 0.6) is 0 Å². The van der Waals surface area contributed by atoms with Gasteiger partial charge in [-0.15, -0.1) is 0 Å². The minimum atomic E-state index is -0.0145. The van der Waals surface area contributed by atoms with E-state index < -0.39 is 0 Å². The van der Waals surface area contributed by atoms with Crippen molar-refractivity contribution in [2.75, 3.05) is 18.1 Å². The number of aromatic nitrogens is 2. The monoisotopic (exact) mass is 294 g/mol. The Morgan fingerprint density at radius 2 is 2.50 bits per heavy atom. The van der Waals surface area contributed by atoms with Crippen LogP contribution in [0.1, 0.15) is 11.9 Å². The second-order valence-corrected chi connectivity index (χ2v) is 5.16. The highest BCUT2D eigenvalue weighted by atomic mass is 79.9. The van der Waals surface area contributed by atoms with Crippen molar-refractivity contribution >= 4 is 39.3 Å². The van der Waals surface area contributed by atoms with E-state index in [1.807, 2.05) is 11.8 Å². The lowest BCUT2D eigenvalue weighted by atomic mass is 10.3. The van der Waals surface area contributed by atoms with Crippen molar-refractivity contribution in [2.45, 2.75) is 6.10 Å². The number of halogens is 2. The zero-order valence-corrected chi connectivity index (χ0v) is 10.4. The summed E-state index contributed by atoms with van der Waals surface area (Å²) in [6.45, 7) is 0.756. The molecule has 1 aliphatic heterocycles. The lowest BCUT2D eigenvalue weighted by Crippen LogP contribution is -2.18. The smallest absolute Gasteiger partial charge is 0.159 e. The van der Waals surface area contributed by atoms with Crippen LogP contribution in [0.3, 0.4) is 0 Å². The van der Waals surface area contributed by atoms with Gasteiger partial charge in [-0.05, 0) is 15.9 Å². The van der Waals surface area contributed by atoms with Gasteiger partial charge in [-0.3, -0.25) is 0 Å². The van der Waals surface area contributed by atoms with Crippen molar-refractivity contribution in [2.24, 2.45) is 0 Å². The molecule has 1 saturated heterocycles. The number of rotatable bonds is 1. The zero-order chi connectivity index (χ0) is 9.97. The highest BCUT2D eigenvalue weighted by Gasteiger charge is 2.19. The first-order valence-electron chi connectivity index (χ1n) is 4.14. The molecule has 1 atom stereocenters. The van der Waals surface area contributed by atoms with Gasteiger partial charge in [-0.25, -0.2) is 9.97 Å². The molecule has 3 nitrogen and oxygen atoms in total. The number of ether oxygens (including phenoxy) is 1. The van der Waals surface area contributed by atoms with Crippen molar-refractivity contribution in [1.29, 1.82) is 0 Å². The van der Waals surface area contributed by atoms with Gasteiger partial charge in [0.1, 0.15) is 11.3 Å². The van der Waals surface area contributed by atoms with Crippen LogP contribution < -0.4 is 0 Å². The van der Waals surface area contributed by atoms with Gasteiger partial charge in [0.05, 0.1) is 11.1 Å². The van der Waals surface area contributed by atoms with Crippen LogP contribution in [0.4, 0.5) is 0 Å². The summed E-state index contributed by atoms with van der Waals surface area (Å²) in [7, 11) is 0. The Labute approximate surface area is 99.7 Å². The fourth-order valence-electron chi connectivity index (χ4n) is 1.15. The van der Waals surface area contributed by atoms with Crippen LogP contribution in [-0.2, 0) is 4.74 Å². The number of nitrogens with zero attached hydrogens (tertiary/aromatic N) is 2. The SMILES string of the molecule is Clc1nc(C2CSCCO2)ncc1Br. The summed E-state index contributed by atoms with van der Waals surface area (Å²) in [5.74, 6) is 2.61. The zero-order valence-electron chi connectivity index (χ0n) is 7.24. The van der Waals surface area contributed by atoms with Crippen LogP contribution in [0.2, 0.25) is 5.15 Å². The van der Waals surface area contributed by atoms with Crippen LogP contribution in [0.15, 0.2) is 10.7 Å². The summed E-state index contributed by atoms with van der Waals surface area (Å²) < 4.78 is 6.25. The van der Waals surface area contributed by atoms with Crippen LogP contribution in [0.25, 0.3) is 0 Å². The lowest BCUT2D eigenvalue weighted by molar-refractivity contribution is 0.0694. The maximum atomic E-state index is 5.87. The molecule has 1 aromatic rings. The van der Waals surface area contributed by atoms with E-state index in [9.17, 15) is 0 Å². The van der Waals surface area contributed by atoms with Gasteiger partial charge in [0.25, 0.3) is 0 Å². The third kappa shape index (κ3) is 2.39. The lowest BCUT2D eigenvalue weighted by Gasteiger charge is -2.20. The van der Waals surface area contributed by atoms with Crippen molar-refractivity contribution in [3.8, 4) is 0 Å². The fourth-order valence-corrected chi connectivity index (χ4v) is 2.32. The highest BCUT2D eigenvalue weighted by molar-refractivity contribution is 9.10. The number of hydrogen-bond donors (Lipinski definition) is 0. The Morgan fingerprint density at radius 3 is 3.14 bits per heavy atom. The van der Waals surface area contributed by atoms with Crippen molar-refractivity contribution in [3.05, 3.63) is 21.6 Å². The van der Waals surface area contributed by atoms with E-state index in [4.69, 9.17) is 16.3 Å². The fraction of sp³-hybridized carbons (Fsp3) is 0.500. The summed E-state index contributed by atoms with van der Waals surface area (Å²) in [5, 5.41) is 0.439. The Kier molecular flexibility index (Phi) is 3.65. The topological polar surface area (TPSA) is 35.0 Å². The molecule has 14 heavy (non-hydrogen) atoms. The first-order chi connectivity index (χ1) is 6.77. The Balaban J connectivity index is 2.18. The van der Waals surface area contributed by atoms with Gasteiger partial charge in [0, 0.05) is 17.7 Å². The largest absolute Gasteiger partial charge is 0.368 e. The summed E-state index contributed by atoms with van der Waals surface area (Å²) in [4.78, 5) is 8.35. The van der Waals surface area contributed by atoms with Crippen LogP contribution in [0, 0.1) is 0 Å². The molecule has 6 heteroatoms. The molecule has 0 aromatic carbocycles. The molecule has 2 heterocycles. The Bertz CT molecular complexity index is 333. The first kappa shape index (κ1) is 10.7. The second kappa shape index (κ2) is 4.79. The van der Waals surface area contributed by atoms with Crippen molar-refractivity contribution < 1.29 is 4.74 Å². The molecule has 0 radical (unpaired) electrons. The molecule has 2 rings (SSSR count). The van der Waals surface area contributed by atoms with Gasteiger partial charge in [-0.2, -0.15) is 11.8 Å². The summed E-state index contributed by atoms with van der Waals surface area (Å²) in [6.07, 6.45) is 1.65. The molecular formula is C8H8BrClN2OS. The molecule has 0 N–H and O–H groups in total. The van der Waals surface area contributed by atoms with E-state index in [0.29, 0.717) is 15.5 Å². The van der Waals surface area contributed by atoms with E-state index in [1.54, 1.807) is 6.20 Å². The normalized spacial score (nSPS) is 22.3. The van der Waals surface area contributed by atoms with Crippen LogP contribution in [-0.4, -0.2) is 28.1 Å². The molecule has 0 aliphatic carbocycles. The highest BCUT2D eigenvalue weighted by Crippen LogP contribution is 2.26. The molecule has 76 valence electrons. The quantitative estimate of drug-likeness (QED) is 0.746. The molecule has 0 bridgehead atoms. The van der Waals surface area contributed by atoms with Gasteiger partial charge in [0.2, 0.25) is 0 Å². The number of thioether (sulfide) groups is 1. The predicted molar refractivity (Wildman–Crippen MR) is 60.8 cm³/mol. The Morgan fingerprint density at radius 1 is 1.64 bits per heavy atom. The number of hydrogen-bond acceptors (Lipinski definition) is 4. The summed E-state index contributed by atoms with van der Waals surface area (Å²) in [6, 6.07) is 0. The van der Waals surface area contributed by atoms with E-state index in [-0.39, 0.29) is 6.10 Å². The molecule has 1 fully saturated rings. The standard InChI is InChI=1S/C8H8BrClN2OS/c9-5-3-11-8(12-7(5)10)6-4-14-2-1-13-6/h3,6H,1-2,4H2. The van der Waals surface area contributed by atoms with Crippen molar-refractivity contribution in [3.63, 3.8) is 0 Å². The van der Waals surface area contributed by atoms with Gasteiger partial charge >= 0.3 is 0 Å². The predicted octanol–water partition coefficient (Wildman–Crippen LogP) is 2.70. The third-order valence-corrected chi connectivity index (χ3v) is 3.91. The van der Waals surface area contributed by atoms with E-state index >= 15 is 0 Å². The van der Waals surface area contributed by atoms with Crippen molar-refractivity contribution in [1.82, 2.24) is 9.97 Å². The molecule has 1 aromatic heterocycles. The van der Waals surface area contributed by atoms with E-state index in [0.717, 1.165) is 18.1 Å². The summed E-state index contributed by atoms with van der Waals surface area (Å²) in [5.41, 5.74) is 0. The van der Waals surface area contributed by atoms with Gasteiger partial charge < -0.3 is 4.74 Å². The third-order valence-electron chi connectivity index (χ3n) is 1.82. The second-order valence-electron chi connectivity index (χ2n) is 2.80. The van der Waals surface area contributed by atoms with E-state index in [2.05, 4.69) is 25.9 Å². The maximum Gasteiger partial charge on any atom is 0.159 e. The average Bonchev–Trinajstić information content (AvgIpc) is 2.23. The Hall–Kier alpha value is 0.160. The minimum absolute atomic E-state index is 0.0145. The molecule has 0 amide bonds. The molecular weight excluding hydrogens is 288 g/mol. The maximum absolute atomic E-state index is 5.87. The first-order valence-corrected chi connectivity index (χ1v) is 6.47. The molecule has 0 saturated carbocycles. The van der Waals surface area contributed by atoms with Gasteiger partial charge in [-0.1, -0.05) is 11.6 Å². The molecule has 1 aliphatic rings. The average molecular weight is 296 g/mol. The molecule has 1 unspecified atom stereocenters. The molecule has 0 spiro atoms.